The molecule has 0 aliphatic heterocycles. The van der Waals surface area contributed by atoms with Gasteiger partial charge in [-0.05, 0) is 52.9 Å². The molecule has 0 fully saturated rings. The van der Waals surface area contributed by atoms with Gasteiger partial charge in [0, 0.05) is 18.0 Å². The van der Waals surface area contributed by atoms with Gasteiger partial charge in [-0.15, -0.1) is 0 Å². The molecule has 1 aliphatic carbocycles. The summed E-state index contributed by atoms with van der Waals surface area (Å²) in [6, 6.07) is 20.6. The Labute approximate surface area is 196 Å². The number of alkyl carbamates (subject to hydrolysis) is 1. The normalized spacial score (nSPS) is 12.8. The zero-order chi connectivity index (χ0) is 24.1. The summed E-state index contributed by atoms with van der Waals surface area (Å²) in [6.07, 6.45) is -1.22. The topological polar surface area (TPSA) is 125 Å². The van der Waals surface area contributed by atoms with Gasteiger partial charge >= 0.3 is 12.1 Å². The number of anilines is 1. The Morgan fingerprint density at radius 3 is 2.06 bits per heavy atom. The molecule has 2 amide bonds. The van der Waals surface area contributed by atoms with E-state index in [2.05, 4.69) is 10.6 Å². The minimum atomic E-state index is -1.11. The summed E-state index contributed by atoms with van der Waals surface area (Å²) in [6.45, 7) is 0.0745. The van der Waals surface area contributed by atoms with Crippen molar-refractivity contribution in [3.8, 4) is 16.9 Å². The number of carbonyl (C=O) groups is 3. The number of amides is 2. The number of hydrogen-bond acceptors (Lipinski definition) is 5. The van der Waals surface area contributed by atoms with Crippen LogP contribution in [0, 0.1) is 0 Å². The highest BCUT2D eigenvalue weighted by Crippen LogP contribution is 2.44. The van der Waals surface area contributed by atoms with Crippen LogP contribution in [-0.2, 0) is 14.3 Å². The van der Waals surface area contributed by atoms with Gasteiger partial charge in [-0.3, -0.25) is 9.59 Å². The number of nitrogens with one attached hydrogen (secondary N) is 2. The molecule has 0 saturated heterocycles. The molecule has 34 heavy (non-hydrogen) atoms. The average Bonchev–Trinajstić information content (AvgIpc) is 3.15. The van der Waals surface area contributed by atoms with Crippen molar-refractivity contribution in [3.05, 3.63) is 83.9 Å². The quantitative estimate of drug-likeness (QED) is 0.375. The van der Waals surface area contributed by atoms with Crippen molar-refractivity contribution in [2.75, 3.05) is 11.9 Å². The minimum absolute atomic E-state index is 0.0391. The molecule has 0 radical (unpaired) electrons. The summed E-state index contributed by atoms with van der Waals surface area (Å²) in [5, 5.41) is 23.5. The van der Waals surface area contributed by atoms with E-state index in [1.807, 2.05) is 48.5 Å². The molecule has 3 aromatic rings. The number of fused-ring (bicyclic) bond motifs is 3. The Hall–Kier alpha value is -4.33. The van der Waals surface area contributed by atoms with Crippen molar-refractivity contribution in [1.29, 1.82) is 0 Å². The molecule has 0 heterocycles. The fraction of sp³-hybridized carbons (Fsp3) is 0.192. The molecule has 8 heteroatoms. The fourth-order valence-corrected chi connectivity index (χ4v) is 4.09. The zero-order valence-corrected chi connectivity index (χ0v) is 18.2. The standard InChI is InChI=1S/C26H24N2O6/c29-17-11-9-16(10-12-17)27-25(32)23(13-14-24(30)31)28-26(33)34-15-22-20-7-3-1-5-18(20)19-6-2-4-8-21(19)22/h1-12,22-23,29H,13-15H2,(H,27,32)(H,28,33)(H,30,31). The third-order valence-electron chi connectivity index (χ3n) is 5.73. The van der Waals surface area contributed by atoms with Crippen LogP contribution in [0.1, 0.15) is 29.9 Å². The third kappa shape index (κ3) is 5.17. The van der Waals surface area contributed by atoms with Gasteiger partial charge in [0.25, 0.3) is 0 Å². The van der Waals surface area contributed by atoms with Crippen molar-refractivity contribution in [1.82, 2.24) is 5.32 Å². The van der Waals surface area contributed by atoms with Crippen molar-refractivity contribution in [3.63, 3.8) is 0 Å². The number of carbonyl (C=O) groups excluding carboxylic acids is 2. The average molecular weight is 460 g/mol. The maximum atomic E-state index is 12.7. The summed E-state index contributed by atoms with van der Waals surface area (Å²) < 4.78 is 5.48. The lowest BCUT2D eigenvalue weighted by Gasteiger charge is -2.19. The van der Waals surface area contributed by atoms with E-state index >= 15 is 0 Å². The maximum absolute atomic E-state index is 12.7. The zero-order valence-electron chi connectivity index (χ0n) is 18.2. The first-order chi connectivity index (χ1) is 16.4. The maximum Gasteiger partial charge on any atom is 0.407 e. The summed E-state index contributed by atoms with van der Waals surface area (Å²) in [5.74, 6) is -1.77. The third-order valence-corrected chi connectivity index (χ3v) is 5.73. The van der Waals surface area contributed by atoms with Crippen molar-refractivity contribution in [2.24, 2.45) is 0 Å². The molecular weight excluding hydrogens is 436 g/mol. The van der Waals surface area contributed by atoms with Gasteiger partial charge in [-0.2, -0.15) is 0 Å². The molecular formula is C26H24N2O6. The predicted octanol–water partition coefficient (Wildman–Crippen LogP) is 4.10. The van der Waals surface area contributed by atoms with E-state index in [4.69, 9.17) is 9.84 Å². The molecule has 0 saturated carbocycles. The molecule has 8 nitrogen and oxygen atoms in total. The predicted molar refractivity (Wildman–Crippen MR) is 126 cm³/mol. The summed E-state index contributed by atoms with van der Waals surface area (Å²) >= 11 is 0. The van der Waals surface area contributed by atoms with E-state index in [0.29, 0.717) is 5.69 Å². The molecule has 0 bridgehead atoms. The van der Waals surface area contributed by atoms with E-state index < -0.39 is 24.0 Å². The molecule has 0 spiro atoms. The van der Waals surface area contributed by atoms with Crippen LogP contribution in [0.4, 0.5) is 10.5 Å². The highest BCUT2D eigenvalue weighted by Gasteiger charge is 2.30. The Balaban J connectivity index is 1.42. The van der Waals surface area contributed by atoms with Crippen LogP contribution in [-0.4, -0.2) is 40.8 Å². The fourth-order valence-electron chi connectivity index (χ4n) is 4.09. The second kappa shape index (κ2) is 10.1. The smallest absolute Gasteiger partial charge is 0.407 e. The van der Waals surface area contributed by atoms with Crippen LogP contribution < -0.4 is 10.6 Å². The monoisotopic (exact) mass is 460 g/mol. The van der Waals surface area contributed by atoms with Gasteiger partial charge in [0.2, 0.25) is 5.91 Å². The molecule has 1 aliphatic rings. The van der Waals surface area contributed by atoms with E-state index in [1.165, 1.54) is 24.3 Å². The van der Waals surface area contributed by atoms with E-state index in [9.17, 15) is 19.5 Å². The first-order valence-corrected chi connectivity index (χ1v) is 10.9. The Morgan fingerprint density at radius 1 is 0.882 bits per heavy atom. The first kappa shape index (κ1) is 22.8. The Morgan fingerprint density at radius 2 is 1.47 bits per heavy atom. The molecule has 1 unspecified atom stereocenters. The van der Waals surface area contributed by atoms with Gasteiger partial charge in [0.15, 0.2) is 0 Å². The molecule has 174 valence electrons. The molecule has 1 atom stereocenters. The van der Waals surface area contributed by atoms with Crippen molar-refractivity contribution >= 4 is 23.7 Å². The van der Waals surface area contributed by atoms with Crippen LogP contribution in [0.15, 0.2) is 72.8 Å². The van der Waals surface area contributed by atoms with Gasteiger partial charge < -0.3 is 25.6 Å². The van der Waals surface area contributed by atoms with Crippen LogP contribution in [0.3, 0.4) is 0 Å². The number of phenols is 1. The van der Waals surface area contributed by atoms with Gasteiger partial charge in [-0.25, -0.2) is 4.79 Å². The van der Waals surface area contributed by atoms with Crippen LogP contribution >= 0.6 is 0 Å². The summed E-state index contributed by atoms with van der Waals surface area (Å²) in [5.41, 5.74) is 4.71. The molecule has 3 aromatic carbocycles. The number of hydrogen-bond donors (Lipinski definition) is 4. The van der Waals surface area contributed by atoms with Crippen LogP contribution in [0.5, 0.6) is 5.75 Å². The molecule has 4 rings (SSSR count). The number of carboxylic acids is 1. The minimum Gasteiger partial charge on any atom is -0.508 e. The van der Waals surface area contributed by atoms with E-state index in [-0.39, 0.29) is 31.1 Å². The van der Waals surface area contributed by atoms with Crippen LogP contribution in [0.2, 0.25) is 0 Å². The second-order valence-corrected chi connectivity index (χ2v) is 7.99. The lowest BCUT2D eigenvalue weighted by molar-refractivity contribution is -0.137. The SMILES string of the molecule is O=C(O)CCC(NC(=O)OCC1c2ccccc2-c2ccccc21)C(=O)Nc1ccc(O)cc1. The highest BCUT2D eigenvalue weighted by atomic mass is 16.5. The van der Waals surface area contributed by atoms with Crippen molar-refractivity contribution in [2.45, 2.75) is 24.8 Å². The molecule has 4 N–H and O–H groups in total. The van der Waals surface area contributed by atoms with Gasteiger partial charge in [0.1, 0.15) is 18.4 Å². The lowest BCUT2D eigenvalue weighted by Crippen LogP contribution is -2.44. The number of carboxylic acid groups (broad SMARTS) is 1. The largest absolute Gasteiger partial charge is 0.508 e. The summed E-state index contributed by atoms with van der Waals surface area (Å²) in [4.78, 5) is 36.3. The highest BCUT2D eigenvalue weighted by molar-refractivity contribution is 5.96. The lowest BCUT2D eigenvalue weighted by atomic mass is 9.98. The Bertz CT molecular complexity index is 1160. The van der Waals surface area contributed by atoms with E-state index in [0.717, 1.165) is 22.3 Å². The number of benzene rings is 3. The number of aliphatic carboxylic acids is 1. The second-order valence-electron chi connectivity index (χ2n) is 7.99. The van der Waals surface area contributed by atoms with Gasteiger partial charge in [0.05, 0.1) is 0 Å². The molecule has 0 aromatic heterocycles. The van der Waals surface area contributed by atoms with E-state index in [1.54, 1.807) is 0 Å². The van der Waals surface area contributed by atoms with Crippen molar-refractivity contribution < 1.29 is 29.3 Å². The number of aromatic hydroxyl groups is 1. The van der Waals surface area contributed by atoms with Gasteiger partial charge in [-0.1, -0.05) is 48.5 Å². The first-order valence-electron chi connectivity index (χ1n) is 10.9. The number of phenolic OH excluding ortho intramolecular Hbond substituents is 1. The Kier molecular flexibility index (Phi) is 6.77. The summed E-state index contributed by atoms with van der Waals surface area (Å²) in [7, 11) is 0. The number of rotatable bonds is 8. The number of ether oxygens (including phenoxy) is 1. The van der Waals surface area contributed by atoms with Crippen LogP contribution in [0.25, 0.3) is 11.1 Å².